The molecule has 0 aliphatic carbocycles. The van der Waals surface area contributed by atoms with Gasteiger partial charge in [-0.25, -0.2) is 4.79 Å². The summed E-state index contributed by atoms with van der Waals surface area (Å²) >= 11 is 0. The smallest absolute Gasteiger partial charge is 0.346 e. The Morgan fingerprint density at radius 3 is 2.87 bits per heavy atom. The second-order valence-corrected chi connectivity index (χ2v) is 3.05. The summed E-state index contributed by atoms with van der Waals surface area (Å²) in [4.78, 5) is 14.0. The van der Waals surface area contributed by atoms with Gasteiger partial charge < -0.3 is 4.42 Å². The minimum Gasteiger partial charge on any atom is -0.422 e. The van der Waals surface area contributed by atoms with Crippen LogP contribution in [-0.4, -0.2) is 0 Å². The van der Waals surface area contributed by atoms with Crippen LogP contribution >= 0.6 is 0 Å². The number of azide groups is 1. The highest BCUT2D eigenvalue weighted by Gasteiger charge is 2.08. The zero-order chi connectivity index (χ0) is 10.8. The molecule has 74 valence electrons. The molecule has 0 spiro atoms. The van der Waals surface area contributed by atoms with Crippen LogP contribution < -0.4 is 5.63 Å². The van der Waals surface area contributed by atoms with Crippen molar-refractivity contribution in [3.8, 4) is 0 Å². The van der Waals surface area contributed by atoms with Gasteiger partial charge >= 0.3 is 5.63 Å². The van der Waals surface area contributed by atoms with Gasteiger partial charge in [-0.15, -0.1) is 0 Å². The van der Waals surface area contributed by atoms with Crippen LogP contribution in [0, 0.1) is 6.92 Å². The van der Waals surface area contributed by atoms with Gasteiger partial charge in [-0.05, 0) is 24.1 Å². The predicted molar refractivity (Wildman–Crippen MR) is 56.0 cm³/mol. The van der Waals surface area contributed by atoms with E-state index in [4.69, 9.17) is 9.95 Å². The van der Waals surface area contributed by atoms with Gasteiger partial charge in [0, 0.05) is 10.3 Å². The largest absolute Gasteiger partial charge is 0.422 e. The van der Waals surface area contributed by atoms with Gasteiger partial charge in [0.1, 0.15) is 11.3 Å². The van der Waals surface area contributed by atoms with E-state index < -0.39 is 5.63 Å². The number of nitrogens with zero attached hydrogens (tertiary/aromatic N) is 3. The van der Waals surface area contributed by atoms with E-state index in [1.54, 1.807) is 19.1 Å². The lowest BCUT2D eigenvalue weighted by molar-refractivity contribution is 0.561. The van der Waals surface area contributed by atoms with Crippen LogP contribution in [0.2, 0.25) is 0 Å². The van der Waals surface area contributed by atoms with E-state index in [2.05, 4.69) is 10.0 Å². The first-order valence-corrected chi connectivity index (χ1v) is 4.31. The van der Waals surface area contributed by atoms with Crippen LogP contribution in [0.25, 0.3) is 21.4 Å². The monoisotopic (exact) mass is 201 g/mol. The fourth-order valence-corrected chi connectivity index (χ4v) is 1.45. The van der Waals surface area contributed by atoms with Crippen LogP contribution in [0.5, 0.6) is 0 Å². The Kier molecular flexibility index (Phi) is 2.15. The molecule has 2 aromatic rings. The Hall–Kier alpha value is -2.26. The van der Waals surface area contributed by atoms with Gasteiger partial charge in [-0.3, -0.25) is 0 Å². The highest BCUT2D eigenvalue weighted by molar-refractivity contribution is 5.83. The quantitative estimate of drug-likeness (QED) is 0.307. The summed E-state index contributed by atoms with van der Waals surface area (Å²) in [5, 5.41) is 4.11. The van der Waals surface area contributed by atoms with Crippen LogP contribution in [0.3, 0.4) is 0 Å². The molecule has 1 aromatic heterocycles. The Labute approximate surface area is 84.6 Å². The SMILES string of the molecule is Cc1c(N=[N+]=[N-])c(=O)oc2ccccc12. The minimum atomic E-state index is -0.607. The number of para-hydroxylation sites is 1. The molecule has 0 aliphatic heterocycles. The summed E-state index contributed by atoms with van der Waals surface area (Å²) in [7, 11) is 0. The summed E-state index contributed by atoms with van der Waals surface area (Å²) in [6, 6.07) is 7.11. The highest BCUT2D eigenvalue weighted by atomic mass is 16.4. The molecule has 5 heteroatoms. The topological polar surface area (TPSA) is 79.0 Å². The van der Waals surface area contributed by atoms with Crippen molar-refractivity contribution >= 4 is 16.7 Å². The lowest BCUT2D eigenvalue weighted by Crippen LogP contribution is -2.00. The maximum Gasteiger partial charge on any atom is 0.346 e. The van der Waals surface area contributed by atoms with Crippen molar-refractivity contribution < 1.29 is 4.42 Å². The number of fused-ring (bicyclic) bond motifs is 1. The van der Waals surface area contributed by atoms with Crippen molar-refractivity contribution in [1.82, 2.24) is 0 Å². The molecule has 0 fully saturated rings. The van der Waals surface area contributed by atoms with Crippen molar-refractivity contribution in [2.75, 3.05) is 0 Å². The zero-order valence-electron chi connectivity index (χ0n) is 7.97. The third kappa shape index (κ3) is 1.45. The van der Waals surface area contributed by atoms with E-state index in [0.717, 1.165) is 5.39 Å². The first-order chi connectivity index (χ1) is 7.24. The van der Waals surface area contributed by atoms with Crippen LogP contribution in [0.15, 0.2) is 38.6 Å². The van der Waals surface area contributed by atoms with Crippen LogP contribution in [0.1, 0.15) is 5.56 Å². The number of benzene rings is 1. The number of aryl methyl sites for hydroxylation is 1. The summed E-state index contributed by atoms with van der Waals surface area (Å²) in [6.45, 7) is 1.73. The van der Waals surface area contributed by atoms with E-state index >= 15 is 0 Å². The minimum absolute atomic E-state index is 0.0243. The van der Waals surface area contributed by atoms with Gasteiger partial charge in [0.05, 0.1) is 0 Å². The first-order valence-electron chi connectivity index (χ1n) is 4.31. The first kappa shape index (κ1) is 9.30. The lowest BCUT2D eigenvalue weighted by Gasteiger charge is -2.01. The molecule has 0 saturated heterocycles. The molecule has 5 nitrogen and oxygen atoms in total. The normalized spacial score (nSPS) is 9.93. The second-order valence-electron chi connectivity index (χ2n) is 3.05. The molecule has 15 heavy (non-hydrogen) atoms. The number of hydrogen-bond donors (Lipinski definition) is 0. The molecule has 1 heterocycles. The van der Waals surface area contributed by atoms with Gasteiger partial charge in [-0.2, -0.15) is 0 Å². The highest BCUT2D eigenvalue weighted by Crippen LogP contribution is 2.23. The second kappa shape index (κ2) is 3.48. The summed E-state index contributed by atoms with van der Waals surface area (Å²) in [5.74, 6) is 0. The van der Waals surface area contributed by atoms with Gasteiger partial charge in [0.25, 0.3) is 0 Å². The molecule has 1 aromatic carbocycles. The maximum absolute atomic E-state index is 11.4. The van der Waals surface area contributed by atoms with E-state index in [9.17, 15) is 4.79 Å². The average molecular weight is 201 g/mol. The molecule has 0 unspecified atom stereocenters. The maximum atomic E-state index is 11.4. The molecule has 0 N–H and O–H groups in total. The van der Waals surface area contributed by atoms with Crippen LogP contribution in [0.4, 0.5) is 5.69 Å². The van der Waals surface area contributed by atoms with Gasteiger partial charge in [0.2, 0.25) is 0 Å². The van der Waals surface area contributed by atoms with E-state index in [1.807, 2.05) is 12.1 Å². The molecule has 0 amide bonds. The summed E-state index contributed by atoms with van der Waals surface area (Å²) in [6.07, 6.45) is 0. The summed E-state index contributed by atoms with van der Waals surface area (Å²) in [5.41, 5.74) is 8.87. The lowest BCUT2D eigenvalue weighted by atomic mass is 10.1. The van der Waals surface area contributed by atoms with Crippen molar-refractivity contribution in [3.63, 3.8) is 0 Å². The zero-order valence-corrected chi connectivity index (χ0v) is 7.97. The Balaban J connectivity index is 2.96. The molecular weight excluding hydrogens is 194 g/mol. The van der Waals surface area contributed by atoms with Gasteiger partial charge in [0.15, 0.2) is 0 Å². The number of rotatable bonds is 1. The van der Waals surface area contributed by atoms with Crippen molar-refractivity contribution in [3.05, 3.63) is 50.7 Å². The van der Waals surface area contributed by atoms with E-state index in [0.29, 0.717) is 11.1 Å². The van der Waals surface area contributed by atoms with Gasteiger partial charge in [-0.1, -0.05) is 23.3 Å². The Morgan fingerprint density at radius 1 is 1.40 bits per heavy atom. The molecule has 0 atom stereocenters. The van der Waals surface area contributed by atoms with E-state index in [1.165, 1.54) is 0 Å². The molecule has 0 aliphatic rings. The van der Waals surface area contributed by atoms with Crippen LogP contribution in [-0.2, 0) is 0 Å². The third-order valence-electron chi connectivity index (χ3n) is 2.19. The standard InChI is InChI=1S/C10H7N3O2/c1-6-7-4-2-3-5-8(7)15-10(14)9(6)12-13-11/h2-5H,1H3. The molecule has 0 saturated carbocycles. The van der Waals surface area contributed by atoms with Crippen molar-refractivity contribution in [2.45, 2.75) is 6.92 Å². The Bertz CT molecular complexity index is 624. The van der Waals surface area contributed by atoms with Crippen molar-refractivity contribution in [1.29, 1.82) is 0 Å². The van der Waals surface area contributed by atoms with E-state index in [-0.39, 0.29) is 5.69 Å². The number of hydrogen-bond acceptors (Lipinski definition) is 3. The molecule has 2 rings (SSSR count). The summed E-state index contributed by atoms with van der Waals surface area (Å²) < 4.78 is 5.01. The fraction of sp³-hybridized carbons (Fsp3) is 0.100. The molecular formula is C10H7N3O2. The average Bonchev–Trinajstić information content (AvgIpc) is 2.24. The fourth-order valence-electron chi connectivity index (χ4n) is 1.45. The third-order valence-corrected chi connectivity index (χ3v) is 2.19. The predicted octanol–water partition coefficient (Wildman–Crippen LogP) is 3.04. The Morgan fingerprint density at radius 2 is 2.13 bits per heavy atom. The molecule has 0 radical (unpaired) electrons. The van der Waals surface area contributed by atoms with Crippen molar-refractivity contribution in [2.24, 2.45) is 5.11 Å². The molecule has 0 bridgehead atoms.